The van der Waals surface area contributed by atoms with Gasteiger partial charge >= 0.3 is 0 Å². The van der Waals surface area contributed by atoms with Crippen LogP contribution in [0.15, 0.2) is 0 Å². The van der Waals surface area contributed by atoms with E-state index in [9.17, 15) is 18.0 Å². The second-order valence-electron chi connectivity index (χ2n) is 2.64. The summed E-state index contributed by atoms with van der Waals surface area (Å²) in [6.07, 6.45) is -5.93. The molecular formula is C6H9F3N2O. The number of hydrogen-bond acceptors (Lipinski definition) is 2. The van der Waals surface area contributed by atoms with E-state index in [0.29, 0.717) is 0 Å². The lowest BCUT2D eigenvalue weighted by atomic mass is 10.2. The maximum Gasteiger partial charge on any atom is 0.217 e. The molecule has 0 aromatic carbocycles. The largest absolute Gasteiger partial charge is 0.346 e. The minimum absolute atomic E-state index is 0.582. The molecule has 0 spiro atoms. The topological polar surface area (TPSA) is 41.1 Å². The van der Waals surface area contributed by atoms with Crippen LogP contribution >= 0.6 is 0 Å². The molecule has 3 nitrogen and oxygen atoms in total. The molecule has 6 heteroatoms. The van der Waals surface area contributed by atoms with E-state index in [1.165, 1.54) is 0 Å². The summed E-state index contributed by atoms with van der Waals surface area (Å²) in [7, 11) is 0. The summed E-state index contributed by atoms with van der Waals surface area (Å²) in [4.78, 5) is 10.4. The first-order valence-electron chi connectivity index (χ1n) is 3.47. The molecule has 1 aliphatic rings. The molecular weight excluding hydrogens is 173 g/mol. The van der Waals surface area contributed by atoms with Crippen molar-refractivity contribution in [1.82, 2.24) is 10.6 Å². The SMILES string of the molecule is CC(=O)NC1C(F)NC(F)C1F. The van der Waals surface area contributed by atoms with Crippen molar-refractivity contribution in [3.63, 3.8) is 0 Å². The fourth-order valence-electron chi connectivity index (χ4n) is 1.08. The van der Waals surface area contributed by atoms with Crippen molar-refractivity contribution in [1.29, 1.82) is 0 Å². The highest BCUT2D eigenvalue weighted by Gasteiger charge is 2.44. The molecule has 1 rings (SSSR count). The number of alkyl halides is 3. The van der Waals surface area contributed by atoms with Crippen LogP contribution in [-0.4, -0.2) is 30.7 Å². The highest BCUT2D eigenvalue weighted by atomic mass is 19.2. The minimum Gasteiger partial charge on any atom is -0.346 e. The van der Waals surface area contributed by atoms with Crippen molar-refractivity contribution in [2.45, 2.75) is 31.7 Å². The first-order valence-corrected chi connectivity index (χ1v) is 3.47. The minimum atomic E-state index is -2.04. The Morgan fingerprint density at radius 1 is 1.33 bits per heavy atom. The van der Waals surface area contributed by atoms with E-state index in [1.54, 1.807) is 5.32 Å². The van der Waals surface area contributed by atoms with E-state index in [0.717, 1.165) is 6.92 Å². The Labute approximate surface area is 67.3 Å². The quantitative estimate of drug-likeness (QED) is 0.561. The summed E-state index contributed by atoms with van der Waals surface area (Å²) in [5.74, 6) is -0.582. The Morgan fingerprint density at radius 2 is 1.92 bits per heavy atom. The lowest BCUT2D eigenvalue weighted by Gasteiger charge is -2.14. The van der Waals surface area contributed by atoms with E-state index in [1.807, 2.05) is 5.32 Å². The van der Waals surface area contributed by atoms with Gasteiger partial charge < -0.3 is 5.32 Å². The van der Waals surface area contributed by atoms with Gasteiger partial charge in [0.2, 0.25) is 5.91 Å². The predicted molar refractivity (Wildman–Crippen MR) is 35.4 cm³/mol. The first kappa shape index (κ1) is 9.31. The lowest BCUT2D eigenvalue weighted by molar-refractivity contribution is -0.120. The van der Waals surface area contributed by atoms with Gasteiger partial charge in [-0.2, -0.15) is 0 Å². The fourth-order valence-corrected chi connectivity index (χ4v) is 1.08. The summed E-state index contributed by atoms with van der Waals surface area (Å²) in [5, 5.41) is 3.68. The summed E-state index contributed by atoms with van der Waals surface area (Å²) in [5.41, 5.74) is 0. The molecule has 4 unspecified atom stereocenters. The Bertz CT molecular complexity index is 190. The molecule has 1 fully saturated rings. The maximum atomic E-state index is 12.7. The second-order valence-corrected chi connectivity index (χ2v) is 2.64. The monoisotopic (exact) mass is 182 g/mol. The molecule has 0 aliphatic carbocycles. The maximum absolute atomic E-state index is 12.7. The third-order valence-corrected chi connectivity index (χ3v) is 1.63. The average Bonchev–Trinajstić information content (AvgIpc) is 2.16. The van der Waals surface area contributed by atoms with Crippen molar-refractivity contribution < 1.29 is 18.0 Å². The van der Waals surface area contributed by atoms with E-state index in [4.69, 9.17) is 0 Å². The van der Waals surface area contributed by atoms with Gasteiger partial charge in [0.25, 0.3) is 0 Å². The van der Waals surface area contributed by atoms with Crippen LogP contribution in [0.25, 0.3) is 0 Å². The van der Waals surface area contributed by atoms with Gasteiger partial charge in [-0.25, -0.2) is 13.2 Å². The summed E-state index contributed by atoms with van der Waals surface area (Å²) >= 11 is 0. The van der Waals surface area contributed by atoms with Crippen molar-refractivity contribution in [3.8, 4) is 0 Å². The van der Waals surface area contributed by atoms with Crippen molar-refractivity contribution in [2.75, 3.05) is 0 Å². The lowest BCUT2D eigenvalue weighted by Crippen LogP contribution is -2.44. The third kappa shape index (κ3) is 1.69. The average molecular weight is 182 g/mol. The summed E-state index contributed by atoms with van der Waals surface area (Å²) in [6.45, 7) is 1.12. The molecule has 1 saturated heterocycles. The smallest absolute Gasteiger partial charge is 0.217 e. The Kier molecular flexibility index (Phi) is 2.56. The number of hydrogen-bond donors (Lipinski definition) is 2. The Balaban J connectivity index is 2.57. The zero-order valence-electron chi connectivity index (χ0n) is 6.35. The van der Waals surface area contributed by atoms with Crippen LogP contribution < -0.4 is 10.6 Å². The molecule has 0 saturated carbocycles. The van der Waals surface area contributed by atoms with Crippen LogP contribution in [0.4, 0.5) is 13.2 Å². The summed E-state index contributed by atoms with van der Waals surface area (Å²) in [6, 6.07) is -1.42. The number of carbonyl (C=O) groups is 1. The van der Waals surface area contributed by atoms with Gasteiger partial charge in [-0.1, -0.05) is 0 Å². The third-order valence-electron chi connectivity index (χ3n) is 1.63. The molecule has 1 amide bonds. The van der Waals surface area contributed by atoms with Gasteiger partial charge in [-0.3, -0.25) is 10.1 Å². The first-order chi connectivity index (χ1) is 5.52. The summed E-state index contributed by atoms with van der Waals surface area (Å²) < 4.78 is 37.7. The van der Waals surface area contributed by atoms with Gasteiger partial charge in [0.05, 0.1) is 0 Å². The van der Waals surface area contributed by atoms with Crippen molar-refractivity contribution >= 4 is 5.91 Å². The van der Waals surface area contributed by atoms with Crippen LogP contribution in [0.1, 0.15) is 6.92 Å². The van der Waals surface area contributed by atoms with E-state index in [-0.39, 0.29) is 0 Å². The van der Waals surface area contributed by atoms with Crippen LogP contribution in [0.2, 0.25) is 0 Å². The number of rotatable bonds is 1. The van der Waals surface area contributed by atoms with Crippen LogP contribution in [0.3, 0.4) is 0 Å². The molecule has 4 atom stereocenters. The van der Waals surface area contributed by atoms with Crippen LogP contribution in [0.5, 0.6) is 0 Å². The van der Waals surface area contributed by atoms with Gasteiger partial charge in [0, 0.05) is 6.92 Å². The van der Waals surface area contributed by atoms with E-state index >= 15 is 0 Å². The van der Waals surface area contributed by atoms with Crippen LogP contribution in [0, 0.1) is 0 Å². The molecule has 0 aromatic rings. The Morgan fingerprint density at radius 3 is 2.25 bits per heavy atom. The zero-order valence-corrected chi connectivity index (χ0v) is 6.35. The van der Waals surface area contributed by atoms with E-state index < -0.39 is 30.7 Å². The van der Waals surface area contributed by atoms with Crippen LogP contribution in [-0.2, 0) is 4.79 Å². The van der Waals surface area contributed by atoms with Crippen molar-refractivity contribution in [2.24, 2.45) is 0 Å². The standard InChI is InChI=1S/C6H9F3N2O/c1-2(12)10-4-3(7)5(8)11-6(4)9/h3-6,11H,1H3,(H,10,12). The predicted octanol–water partition coefficient (Wildman–Crippen LogP) is 0.0236. The highest BCUT2D eigenvalue weighted by Crippen LogP contribution is 2.19. The zero-order chi connectivity index (χ0) is 9.30. The second kappa shape index (κ2) is 3.30. The Hall–Kier alpha value is -0.780. The fraction of sp³-hybridized carbons (Fsp3) is 0.833. The number of amides is 1. The molecule has 70 valence electrons. The molecule has 0 aromatic heterocycles. The number of carbonyl (C=O) groups excluding carboxylic acids is 1. The number of halogens is 3. The van der Waals surface area contributed by atoms with E-state index in [2.05, 4.69) is 0 Å². The molecule has 1 heterocycles. The number of nitrogens with one attached hydrogen (secondary N) is 2. The van der Waals surface area contributed by atoms with Crippen molar-refractivity contribution in [3.05, 3.63) is 0 Å². The normalized spacial score (nSPS) is 41.3. The highest BCUT2D eigenvalue weighted by molar-refractivity contribution is 5.73. The van der Waals surface area contributed by atoms with Gasteiger partial charge in [0.1, 0.15) is 6.04 Å². The van der Waals surface area contributed by atoms with Gasteiger partial charge in [-0.05, 0) is 0 Å². The molecule has 12 heavy (non-hydrogen) atoms. The van der Waals surface area contributed by atoms with Gasteiger partial charge in [-0.15, -0.1) is 0 Å². The van der Waals surface area contributed by atoms with Gasteiger partial charge in [0.15, 0.2) is 18.8 Å². The molecule has 1 aliphatic heterocycles. The molecule has 0 bridgehead atoms. The molecule has 2 N–H and O–H groups in total. The molecule has 0 radical (unpaired) electrons.